The van der Waals surface area contributed by atoms with Crippen molar-refractivity contribution in [3.63, 3.8) is 0 Å². The van der Waals surface area contributed by atoms with Gasteiger partial charge in [0.2, 0.25) is 10.0 Å². The summed E-state index contributed by atoms with van der Waals surface area (Å²) in [6, 6.07) is 10.2. The van der Waals surface area contributed by atoms with E-state index >= 15 is 0 Å². The first-order valence-electron chi connectivity index (χ1n) is 9.50. The number of amides is 1. The Hall–Kier alpha value is -1.93. The Labute approximate surface area is 176 Å². The lowest BCUT2D eigenvalue weighted by Gasteiger charge is -2.26. The summed E-state index contributed by atoms with van der Waals surface area (Å²) in [6.45, 7) is 7.23. The molecule has 156 valence electrons. The molecule has 3 rings (SSSR count). The third-order valence-electron chi connectivity index (χ3n) is 4.95. The van der Waals surface area contributed by atoms with Gasteiger partial charge >= 0.3 is 0 Å². The smallest absolute Gasteiger partial charge is 0.255 e. The second-order valence-electron chi connectivity index (χ2n) is 7.31. The zero-order chi connectivity index (χ0) is 21.2. The summed E-state index contributed by atoms with van der Waals surface area (Å²) in [7, 11) is -3.81. The third kappa shape index (κ3) is 4.64. The number of sulfonamides is 1. The molecule has 1 heterocycles. The molecule has 2 aromatic carbocycles. The molecule has 0 atom stereocenters. The van der Waals surface area contributed by atoms with Crippen LogP contribution in [0.4, 0.5) is 5.69 Å². The van der Waals surface area contributed by atoms with E-state index in [0.717, 1.165) is 16.8 Å². The van der Waals surface area contributed by atoms with Crippen LogP contribution in [0.2, 0.25) is 5.02 Å². The molecule has 1 amide bonds. The standard InChI is InChI=1S/C21H25ClN2O4S/c1-14(2)17-6-4-5-15(3)20(17)23-21(25)16-7-8-18(22)19(13-16)29(26,27)24-9-11-28-12-10-24/h4-8,13-14H,9-12H2,1-3H3,(H,23,25). The van der Waals surface area contributed by atoms with E-state index in [-0.39, 0.29) is 40.4 Å². The number of hydrogen-bond donors (Lipinski definition) is 1. The van der Waals surface area contributed by atoms with Crippen molar-refractivity contribution in [1.29, 1.82) is 0 Å². The van der Waals surface area contributed by atoms with Crippen molar-refractivity contribution in [2.24, 2.45) is 0 Å². The Balaban J connectivity index is 1.93. The molecule has 6 nitrogen and oxygen atoms in total. The number of aryl methyl sites for hydroxylation is 1. The fourth-order valence-corrected chi connectivity index (χ4v) is 5.20. The van der Waals surface area contributed by atoms with Gasteiger partial charge < -0.3 is 10.1 Å². The van der Waals surface area contributed by atoms with E-state index < -0.39 is 10.0 Å². The summed E-state index contributed by atoms with van der Waals surface area (Å²) in [5.41, 5.74) is 2.95. The highest BCUT2D eigenvalue weighted by molar-refractivity contribution is 7.89. The highest BCUT2D eigenvalue weighted by Gasteiger charge is 2.29. The molecule has 8 heteroatoms. The lowest BCUT2D eigenvalue weighted by atomic mass is 9.98. The number of benzene rings is 2. The van der Waals surface area contributed by atoms with Gasteiger partial charge in [0, 0.05) is 24.3 Å². The van der Waals surface area contributed by atoms with Crippen LogP contribution in [0, 0.1) is 6.92 Å². The normalized spacial score (nSPS) is 15.5. The monoisotopic (exact) mass is 436 g/mol. The number of carbonyl (C=O) groups is 1. The topological polar surface area (TPSA) is 75.7 Å². The molecule has 1 aliphatic heterocycles. The van der Waals surface area contributed by atoms with E-state index in [1.54, 1.807) is 0 Å². The van der Waals surface area contributed by atoms with Gasteiger partial charge in [-0.25, -0.2) is 8.42 Å². The molecule has 1 fully saturated rings. The molecule has 0 saturated carbocycles. The summed E-state index contributed by atoms with van der Waals surface area (Å²) < 4.78 is 32.5. The van der Waals surface area contributed by atoms with Crippen LogP contribution in [0.1, 0.15) is 41.3 Å². The number of rotatable bonds is 5. The molecule has 0 spiro atoms. The molecule has 0 aliphatic carbocycles. The first-order valence-corrected chi connectivity index (χ1v) is 11.3. The SMILES string of the molecule is Cc1cccc(C(C)C)c1NC(=O)c1ccc(Cl)c(S(=O)(=O)N2CCOCC2)c1. The van der Waals surface area contributed by atoms with E-state index in [2.05, 4.69) is 19.2 Å². The minimum Gasteiger partial charge on any atom is -0.379 e. The zero-order valence-electron chi connectivity index (χ0n) is 16.7. The number of carbonyl (C=O) groups excluding carboxylic acids is 1. The molecular formula is C21H25ClN2O4S. The first kappa shape index (κ1) is 21.8. The van der Waals surface area contributed by atoms with Gasteiger partial charge in [-0.15, -0.1) is 0 Å². The quantitative estimate of drug-likeness (QED) is 0.767. The Kier molecular flexibility index (Phi) is 6.63. The maximum absolute atomic E-state index is 13.0. The Morgan fingerprint density at radius 2 is 1.86 bits per heavy atom. The van der Waals surface area contributed by atoms with Gasteiger partial charge in [-0.3, -0.25) is 4.79 Å². The van der Waals surface area contributed by atoms with Gasteiger partial charge in [0.05, 0.1) is 18.2 Å². The van der Waals surface area contributed by atoms with E-state index in [1.807, 2.05) is 25.1 Å². The summed E-state index contributed by atoms with van der Waals surface area (Å²) >= 11 is 6.19. The van der Waals surface area contributed by atoms with Crippen molar-refractivity contribution in [2.45, 2.75) is 31.6 Å². The molecule has 1 saturated heterocycles. The van der Waals surface area contributed by atoms with Crippen LogP contribution < -0.4 is 5.32 Å². The average Bonchev–Trinajstić information content (AvgIpc) is 2.70. The Morgan fingerprint density at radius 3 is 2.52 bits per heavy atom. The lowest BCUT2D eigenvalue weighted by molar-refractivity contribution is 0.0730. The fourth-order valence-electron chi connectivity index (χ4n) is 3.30. The molecule has 29 heavy (non-hydrogen) atoms. The number of nitrogens with zero attached hydrogens (tertiary/aromatic N) is 1. The fraction of sp³-hybridized carbons (Fsp3) is 0.381. The largest absolute Gasteiger partial charge is 0.379 e. The maximum atomic E-state index is 13.0. The molecule has 2 aromatic rings. The van der Waals surface area contributed by atoms with Crippen LogP contribution in [0.25, 0.3) is 0 Å². The van der Waals surface area contributed by atoms with E-state index in [4.69, 9.17) is 16.3 Å². The summed E-state index contributed by atoms with van der Waals surface area (Å²) in [4.78, 5) is 12.9. The van der Waals surface area contributed by atoms with Crippen molar-refractivity contribution in [3.8, 4) is 0 Å². The number of morpholine rings is 1. The van der Waals surface area contributed by atoms with Gasteiger partial charge in [-0.2, -0.15) is 4.31 Å². The predicted octanol–water partition coefficient (Wildman–Crippen LogP) is 4.05. The summed E-state index contributed by atoms with van der Waals surface area (Å²) in [5.74, 6) is -0.149. The van der Waals surface area contributed by atoms with E-state index in [1.165, 1.54) is 22.5 Å². The minimum atomic E-state index is -3.81. The van der Waals surface area contributed by atoms with Gasteiger partial charge in [-0.1, -0.05) is 43.6 Å². The van der Waals surface area contributed by atoms with Crippen molar-refractivity contribution < 1.29 is 17.9 Å². The maximum Gasteiger partial charge on any atom is 0.255 e. The lowest BCUT2D eigenvalue weighted by Crippen LogP contribution is -2.40. The van der Waals surface area contributed by atoms with Gasteiger partial charge in [0.1, 0.15) is 4.90 Å². The number of halogens is 1. The van der Waals surface area contributed by atoms with Crippen LogP contribution in [-0.2, 0) is 14.8 Å². The zero-order valence-corrected chi connectivity index (χ0v) is 18.3. The molecule has 0 radical (unpaired) electrons. The number of para-hydroxylation sites is 1. The summed E-state index contributed by atoms with van der Waals surface area (Å²) in [5, 5.41) is 3.03. The van der Waals surface area contributed by atoms with Crippen molar-refractivity contribution >= 4 is 33.2 Å². The first-order chi connectivity index (χ1) is 13.7. The second kappa shape index (κ2) is 8.83. The van der Waals surface area contributed by atoms with Gasteiger partial charge in [-0.05, 0) is 42.2 Å². The number of anilines is 1. The van der Waals surface area contributed by atoms with Crippen molar-refractivity contribution in [2.75, 3.05) is 31.6 Å². The van der Waals surface area contributed by atoms with Crippen molar-refractivity contribution in [3.05, 3.63) is 58.1 Å². The highest BCUT2D eigenvalue weighted by Crippen LogP contribution is 2.30. The molecule has 0 unspecified atom stereocenters. The van der Waals surface area contributed by atoms with Gasteiger partial charge in [0.25, 0.3) is 5.91 Å². The number of hydrogen-bond acceptors (Lipinski definition) is 4. The van der Waals surface area contributed by atoms with E-state index in [9.17, 15) is 13.2 Å². The molecular weight excluding hydrogens is 412 g/mol. The molecule has 1 N–H and O–H groups in total. The van der Waals surface area contributed by atoms with Crippen LogP contribution in [0.3, 0.4) is 0 Å². The molecule has 0 bridgehead atoms. The second-order valence-corrected chi connectivity index (χ2v) is 9.62. The van der Waals surface area contributed by atoms with Crippen LogP contribution in [-0.4, -0.2) is 44.9 Å². The van der Waals surface area contributed by atoms with E-state index in [0.29, 0.717) is 13.2 Å². The molecule has 0 aromatic heterocycles. The Morgan fingerprint density at radius 1 is 1.17 bits per heavy atom. The highest BCUT2D eigenvalue weighted by atomic mass is 35.5. The third-order valence-corrected chi connectivity index (χ3v) is 7.33. The Bertz CT molecular complexity index is 1020. The van der Waals surface area contributed by atoms with Gasteiger partial charge in [0.15, 0.2) is 0 Å². The van der Waals surface area contributed by atoms with Crippen LogP contribution in [0.5, 0.6) is 0 Å². The number of ether oxygens (including phenoxy) is 1. The van der Waals surface area contributed by atoms with Crippen LogP contribution >= 0.6 is 11.6 Å². The molecule has 1 aliphatic rings. The van der Waals surface area contributed by atoms with Crippen LogP contribution in [0.15, 0.2) is 41.3 Å². The minimum absolute atomic E-state index is 0.0671. The number of nitrogens with one attached hydrogen (secondary N) is 1. The average molecular weight is 437 g/mol. The summed E-state index contributed by atoms with van der Waals surface area (Å²) in [6.07, 6.45) is 0. The predicted molar refractivity (Wildman–Crippen MR) is 114 cm³/mol. The van der Waals surface area contributed by atoms with Crippen molar-refractivity contribution in [1.82, 2.24) is 4.31 Å².